The Morgan fingerprint density at radius 3 is 2.53 bits per heavy atom. The second-order valence-electron chi connectivity index (χ2n) is 3.09. The number of carbonyl (C=O) groups excluding carboxylic acids is 1. The molecular weight excluding hydrogens is 218 g/mol. The molecule has 0 aliphatic carbocycles. The first-order chi connectivity index (χ1) is 6.88. The zero-order chi connectivity index (χ0) is 11.6. The minimum Gasteiger partial charge on any atom is -0.469 e. The lowest BCUT2D eigenvalue weighted by molar-refractivity contribution is 0.0999. The zero-order valence-corrected chi connectivity index (χ0v) is 9.04. The van der Waals surface area contributed by atoms with Crippen molar-refractivity contribution in [2.75, 3.05) is 6.26 Å². The smallest absolute Gasteiger partial charge is 0.210 e. The maximum atomic E-state index is 11.6. The van der Waals surface area contributed by atoms with Gasteiger partial charge in [0.05, 0.1) is 17.9 Å². The number of aryl methyl sites for hydroxylation is 1. The Hall–Kier alpha value is -1.61. The number of Topliss-reactive ketones (excluding diaryl/α,β-unsaturated/α-hetero) is 1. The molecule has 0 aromatic carbocycles. The van der Waals surface area contributed by atoms with Crippen molar-refractivity contribution in [1.82, 2.24) is 0 Å². The summed E-state index contributed by atoms with van der Waals surface area (Å²) in [4.78, 5) is 11.6. The number of ketones is 1. The SMILES string of the molecule is Cc1occc1C(=O)C(C#N)S(C)(=O)=O. The average Bonchev–Trinajstić information content (AvgIpc) is 2.49. The molecule has 0 bridgehead atoms. The number of sulfone groups is 1. The van der Waals surface area contributed by atoms with Gasteiger partial charge in [0.25, 0.3) is 0 Å². The van der Waals surface area contributed by atoms with Crippen LogP contribution in [-0.2, 0) is 9.84 Å². The first kappa shape index (κ1) is 11.5. The molecule has 0 fully saturated rings. The van der Waals surface area contributed by atoms with Gasteiger partial charge in [0.15, 0.2) is 15.6 Å². The summed E-state index contributed by atoms with van der Waals surface area (Å²) < 4.78 is 27.1. The number of hydrogen-bond acceptors (Lipinski definition) is 5. The molecule has 0 aliphatic rings. The summed E-state index contributed by atoms with van der Waals surface area (Å²) in [5.41, 5.74) is 0.131. The molecule has 1 rings (SSSR count). The first-order valence-electron chi connectivity index (χ1n) is 4.04. The number of nitriles is 1. The molecule has 6 heteroatoms. The molecule has 0 radical (unpaired) electrons. The summed E-state index contributed by atoms with van der Waals surface area (Å²) in [7, 11) is -3.71. The molecule has 5 nitrogen and oxygen atoms in total. The molecule has 1 aromatic rings. The van der Waals surface area contributed by atoms with Crippen molar-refractivity contribution in [2.24, 2.45) is 0 Å². The fourth-order valence-electron chi connectivity index (χ4n) is 1.13. The van der Waals surface area contributed by atoms with Gasteiger partial charge < -0.3 is 4.42 Å². The van der Waals surface area contributed by atoms with Crippen LogP contribution in [0.3, 0.4) is 0 Å². The summed E-state index contributed by atoms with van der Waals surface area (Å²) in [6.45, 7) is 1.53. The van der Waals surface area contributed by atoms with Crippen LogP contribution in [0.4, 0.5) is 0 Å². The quantitative estimate of drug-likeness (QED) is 0.709. The Morgan fingerprint density at radius 2 is 2.20 bits per heavy atom. The highest BCUT2D eigenvalue weighted by molar-refractivity contribution is 7.92. The fraction of sp³-hybridized carbons (Fsp3) is 0.333. The molecule has 0 saturated heterocycles. The van der Waals surface area contributed by atoms with Gasteiger partial charge in [0, 0.05) is 6.26 Å². The van der Waals surface area contributed by atoms with E-state index in [0.717, 1.165) is 6.26 Å². The van der Waals surface area contributed by atoms with Crippen LogP contribution >= 0.6 is 0 Å². The third-order valence-corrected chi connectivity index (χ3v) is 3.08. The molecule has 1 heterocycles. The number of hydrogen-bond donors (Lipinski definition) is 0. The van der Waals surface area contributed by atoms with Crippen LogP contribution in [0, 0.1) is 18.3 Å². The van der Waals surface area contributed by atoms with Gasteiger partial charge in [-0.15, -0.1) is 0 Å². The van der Waals surface area contributed by atoms with E-state index in [-0.39, 0.29) is 5.56 Å². The van der Waals surface area contributed by atoms with Gasteiger partial charge in [-0.05, 0) is 13.0 Å². The number of furan rings is 1. The van der Waals surface area contributed by atoms with E-state index >= 15 is 0 Å². The van der Waals surface area contributed by atoms with Crippen LogP contribution in [-0.4, -0.2) is 25.7 Å². The second-order valence-corrected chi connectivity index (χ2v) is 5.22. The summed E-state index contributed by atoms with van der Waals surface area (Å²) in [5.74, 6) is -0.435. The number of nitrogens with zero attached hydrogens (tertiary/aromatic N) is 1. The highest BCUT2D eigenvalue weighted by Crippen LogP contribution is 2.14. The molecule has 0 saturated carbocycles. The standard InChI is InChI=1S/C9H9NO4S/c1-6-7(3-4-14-6)9(11)8(5-10)15(2,12)13/h3-4,8H,1-2H3. The summed E-state index contributed by atoms with van der Waals surface area (Å²) >= 11 is 0. The van der Waals surface area contributed by atoms with E-state index in [9.17, 15) is 13.2 Å². The largest absolute Gasteiger partial charge is 0.469 e. The molecular formula is C9H9NO4S. The van der Waals surface area contributed by atoms with Gasteiger partial charge in [0.2, 0.25) is 5.25 Å². The van der Waals surface area contributed by atoms with E-state index in [1.807, 2.05) is 0 Å². The molecule has 0 amide bonds. The van der Waals surface area contributed by atoms with E-state index < -0.39 is 20.9 Å². The topological polar surface area (TPSA) is 88.1 Å². The predicted molar refractivity (Wildman–Crippen MR) is 52.0 cm³/mol. The van der Waals surface area contributed by atoms with Crippen molar-refractivity contribution >= 4 is 15.6 Å². The summed E-state index contributed by atoms with van der Waals surface area (Å²) in [6, 6.07) is 2.83. The van der Waals surface area contributed by atoms with Crippen molar-refractivity contribution in [2.45, 2.75) is 12.2 Å². The van der Waals surface area contributed by atoms with Gasteiger partial charge in [-0.3, -0.25) is 4.79 Å². The number of carbonyl (C=O) groups is 1. The first-order valence-corrected chi connectivity index (χ1v) is 6.00. The Morgan fingerprint density at radius 1 is 1.60 bits per heavy atom. The molecule has 0 spiro atoms. The van der Waals surface area contributed by atoms with Crippen LogP contribution in [0.2, 0.25) is 0 Å². The van der Waals surface area contributed by atoms with Crippen LogP contribution in [0.15, 0.2) is 16.7 Å². The molecule has 15 heavy (non-hydrogen) atoms. The monoisotopic (exact) mass is 227 g/mol. The van der Waals surface area contributed by atoms with Gasteiger partial charge in [-0.1, -0.05) is 0 Å². The Labute approximate surface area is 87.2 Å². The normalized spacial score (nSPS) is 13.1. The predicted octanol–water partition coefficient (Wildman–Crippen LogP) is 0.708. The van der Waals surface area contributed by atoms with Crippen LogP contribution in [0.25, 0.3) is 0 Å². The van der Waals surface area contributed by atoms with Gasteiger partial charge in [-0.2, -0.15) is 5.26 Å². The van der Waals surface area contributed by atoms with Gasteiger partial charge in [-0.25, -0.2) is 8.42 Å². The zero-order valence-electron chi connectivity index (χ0n) is 8.22. The molecule has 0 N–H and O–H groups in total. The van der Waals surface area contributed by atoms with Crippen LogP contribution in [0.1, 0.15) is 16.1 Å². The Bertz CT molecular complexity index is 521. The summed E-state index contributed by atoms with van der Waals surface area (Å²) in [5, 5.41) is 6.98. The lowest BCUT2D eigenvalue weighted by Crippen LogP contribution is -2.28. The highest BCUT2D eigenvalue weighted by Gasteiger charge is 2.31. The summed E-state index contributed by atoms with van der Waals surface area (Å²) in [6.07, 6.45) is 2.13. The fourth-order valence-corrected chi connectivity index (χ4v) is 1.84. The Kier molecular flexibility index (Phi) is 2.95. The van der Waals surface area contributed by atoms with Crippen LogP contribution in [0.5, 0.6) is 0 Å². The molecule has 1 unspecified atom stereocenters. The van der Waals surface area contributed by atoms with Crippen molar-refractivity contribution < 1.29 is 17.6 Å². The van der Waals surface area contributed by atoms with E-state index in [1.165, 1.54) is 25.3 Å². The maximum Gasteiger partial charge on any atom is 0.210 e. The van der Waals surface area contributed by atoms with E-state index in [0.29, 0.717) is 5.76 Å². The lowest BCUT2D eigenvalue weighted by atomic mass is 10.1. The van der Waals surface area contributed by atoms with Gasteiger partial charge >= 0.3 is 0 Å². The maximum absolute atomic E-state index is 11.6. The average molecular weight is 227 g/mol. The van der Waals surface area contributed by atoms with Crippen molar-refractivity contribution in [3.63, 3.8) is 0 Å². The molecule has 1 aromatic heterocycles. The van der Waals surface area contributed by atoms with Crippen molar-refractivity contribution in [3.8, 4) is 6.07 Å². The molecule has 0 aliphatic heterocycles. The lowest BCUT2D eigenvalue weighted by Gasteiger charge is -2.04. The Balaban J connectivity index is 3.16. The number of rotatable bonds is 3. The van der Waals surface area contributed by atoms with E-state index in [1.54, 1.807) is 0 Å². The third kappa shape index (κ3) is 2.25. The minimum absolute atomic E-state index is 0.131. The highest BCUT2D eigenvalue weighted by atomic mass is 32.2. The van der Waals surface area contributed by atoms with Crippen LogP contribution < -0.4 is 0 Å². The molecule has 1 atom stereocenters. The van der Waals surface area contributed by atoms with E-state index in [4.69, 9.17) is 9.68 Å². The second kappa shape index (κ2) is 3.87. The molecule has 80 valence electrons. The van der Waals surface area contributed by atoms with Gasteiger partial charge in [0.1, 0.15) is 5.76 Å². The van der Waals surface area contributed by atoms with Crippen molar-refractivity contribution in [3.05, 3.63) is 23.7 Å². The van der Waals surface area contributed by atoms with Crippen molar-refractivity contribution in [1.29, 1.82) is 5.26 Å². The van der Waals surface area contributed by atoms with E-state index in [2.05, 4.69) is 0 Å². The minimum atomic E-state index is -3.71. The third-order valence-electron chi connectivity index (χ3n) is 1.91.